The molecule has 0 saturated heterocycles. The van der Waals surface area contributed by atoms with E-state index < -0.39 is 0 Å². The van der Waals surface area contributed by atoms with Gasteiger partial charge in [0.05, 0.1) is 5.70 Å². The van der Waals surface area contributed by atoms with E-state index in [-0.39, 0.29) is 5.41 Å². The van der Waals surface area contributed by atoms with Gasteiger partial charge in [0.2, 0.25) is 0 Å². The standard InChI is InChI=1S/C52H46N2/c1-34(36-15-8-5-9-16-36)53-51(54-35(2)37-23-25-39(26-24-37)38-17-10-6-11-18-38)43-21-14-20-40(29-43)41-27-28-46-48-33-47-44(30-42-19-12-7-13-22-45(42)47)32-50(48)52(3,4)49(46)31-41/h6-7,10-11,13-15,17-29,31-33H,1,5,8-9,12,16,30H2,2-4H3/b53-51-,54-35+. The average Bonchev–Trinajstić information content (AvgIpc) is 3.53. The molecule has 5 aromatic rings. The molecule has 0 radical (unpaired) electrons. The second-order valence-electron chi connectivity index (χ2n) is 15.7. The van der Waals surface area contributed by atoms with Crippen LogP contribution in [-0.2, 0) is 11.8 Å². The number of fused-ring (bicyclic) bond motifs is 6. The van der Waals surface area contributed by atoms with Gasteiger partial charge in [0, 0.05) is 16.7 Å². The van der Waals surface area contributed by atoms with Crippen molar-refractivity contribution in [3.05, 3.63) is 196 Å². The van der Waals surface area contributed by atoms with Crippen LogP contribution in [0.1, 0.15) is 86.3 Å². The zero-order valence-corrected chi connectivity index (χ0v) is 31.6. The minimum Gasteiger partial charge on any atom is -0.233 e. The lowest BCUT2D eigenvalue weighted by Gasteiger charge is -2.22. The number of aliphatic imine (C=N–C) groups is 2. The summed E-state index contributed by atoms with van der Waals surface area (Å²) >= 11 is 0. The summed E-state index contributed by atoms with van der Waals surface area (Å²) in [5.41, 5.74) is 20.9. The Hall–Kier alpha value is -5.86. The Morgan fingerprint density at radius 1 is 0.667 bits per heavy atom. The molecule has 0 aromatic heterocycles. The summed E-state index contributed by atoms with van der Waals surface area (Å²) in [4.78, 5) is 10.4. The highest BCUT2D eigenvalue weighted by Gasteiger charge is 2.38. The van der Waals surface area contributed by atoms with Gasteiger partial charge in [-0.3, -0.25) is 0 Å². The van der Waals surface area contributed by atoms with Crippen molar-refractivity contribution in [1.82, 2.24) is 0 Å². The van der Waals surface area contributed by atoms with Gasteiger partial charge in [0.25, 0.3) is 0 Å². The van der Waals surface area contributed by atoms with Crippen LogP contribution in [0.3, 0.4) is 0 Å². The largest absolute Gasteiger partial charge is 0.233 e. The molecule has 54 heavy (non-hydrogen) atoms. The zero-order chi connectivity index (χ0) is 36.8. The van der Waals surface area contributed by atoms with Crippen molar-refractivity contribution in [1.29, 1.82) is 0 Å². The molecular formula is C52H46N2. The number of rotatable bonds is 6. The van der Waals surface area contributed by atoms with Crippen molar-refractivity contribution < 1.29 is 0 Å². The molecule has 2 heteroatoms. The number of nitrogens with zero attached hydrogens (tertiary/aromatic N) is 2. The first-order valence-electron chi connectivity index (χ1n) is 19.5. The highest BCUT2D eigenvalue weighted by atomic mass is 14.9. The van der Waals surface area contributed by atoms with Crippen molar-refractivity contribution in [3.8, 4) is 33.4 Å². The van der Waals surface area contributed by atoms with E-state index >= 15 is 0 Å². The molecule has 0 unspecified atom stereocenters. The summed E-state index contributed by atoms with van der Waals surface area (Å²) < 4.78 is 0. The maximum atomic E-state index is 5.23. The fourth-order valence-corrected chi connectivity index (χ4v) is 8.76. The molecule has 0 saturated carbocycles. The maximum absolute atomic E-state index is 5.23. The Balaban J connectivity index is 1.07. The first-order valence-corrected chi connectivity index (χ1v) is 19.5. The van der Waals surface area contributed by atoms with Crippen LogP contribution in [-0.4, -0.2) is 11.5 Å². The molecule has 2 nitrogen and oxygen atoms in total. The smallest absolute Gasteiger partial charge is 0.160 e. The number of hydrogen-bond acceptors (Lipinski definition) is 1. The second-order valence-corrected chi connectivity index (χ2v) is 15.7. The normalized spacial score (nSPS) is 17.1. The summed E-state index contributed by atoms with van der Waals surface area (Å²) in [5, 5.41) is 0. The first kappa shape index (κ1) is 33.9. The molecule has 5 aromatic carbocycles. The molecule has 0 N–H and O–H groups in total. The van der Waals surface area contributed by atoms with E-state index in [9.17, 15) is 0 Å². The van der Waals surface area contributed by atoms with Gasteiger partial charge in [-0.15, -0.1) is 0 Å². The Bertz CT molecular complexity index is 2510. The minimum absolute atomic E-state index is 0.101. The molecule has 0 spiro atoms. The lowest BCUT2D eigenvalue weighted by atomic mass is 9.81. The number of allylic oxidation sites excluding steroid dienone is 8. The van der Waals surface area contributed by atoms with Gasteiger partial charge in [0.15, 0.2) is 5.84 Å². The Morgan fingerprint density at radius 2 is 1.43 bits per heavy atom. The van der Waals surface area contributed by atoms with Crippen molar-refractivity contribution in [2.75, 3.05) is 0 Å². The molecule has 4 aliphatic carbocycles. The van der Waals surface area contributed by atoms with Gasteiger partial charge in [-0.25, -0.2) is 9.98 Å². The van der Waals surface area contributed by atoms with E-state index in [2.05, 4.69) is 167 Å². The Labute approximate surface area is 320 Å². The van der Waals surface area contributed by atoms with Crippen LogP contribution in [0.25, 0.3) is 39.0 Å². The van der Waals surface area contributed by atoms with Crippen molar-refractivity contribution >= 4 is 17.1 Å². The molecule has 0 heterocycles. The second kappa shape index (κ2) is 13.8. The predicted octanol–water partition coefficient (Wildman–Crippen LogP) is 13.4. The minimum atomic E-state index is -0.101. The van der Waals surface area contributed by atoms with Gasteiger partial charge >= 0.3 is 0 Å². The fourth-order valence-electron chi connectivity index (χ4n) is 8.76. The van der Waals surface area contributed by atoms with Crippen LogP contribution in [0.5, 0.6) is 0 Å². The number of benzene rings is 5. The molecule has 9 rings (SSSR count). The van der Waals surface area contributed by atoms with Crippen LogP contribution >= 0.6 is 0 Å². The van der Waals surface area contributed by atoms with Crippen molar-refractivity contribution in [3.63, 3.8) is 0 Å². The SMILES string of the molecule is C=C(/N=C(\N=C(/C)c1ccc(-c2ccccc2)cc1)c1cccc(-c2ccc3c(c2)C(C)(C)c2cc4c(cc2-3)C2=CC=CCC=C2C4)c1)C1=CCCCC1. The monoisotopic (exact) mass is 698 g/mol. The van der Waals surface area contributed by atoms with Crippen LogP contribution in [0.2, 0.25) is 0 Å². The summed E-state index contributed by atoms with van der Waals surface area (Å²) in [5.74, 6) is 0.692. The lowest BCUT2D eigenvalue weighted by Crippen LogP contribution is -2.15. The van der Waals surface area contributed by atoms with Crippen LogP contribution in [0, 0.1) is 0 Å². The third-order valence-corrected chi connectivity index (χ3v) is 11.9. The van der Waals surface area contributed by atoms with Crippen molar-refractivity contribution in [2.45, 2.75) is 64.7 Å². The van der Waals surface area contributed by atoms with Gasteiger partial charge in [0.1, 0.15) is 0 Å². The molecule has 0 amide bonds. The molecule has 0 fully saturated rings. The van der Waals surface area contributed by atoms with E-state index in [1.54, 1.807) is 0 Å². The van der Waals surface area contributed by atoms with Gasteiger partial charge in [-0.05, 0) is 142 Å². The van der Waals surface area contributed by atoms with E-state index in [0.29, 0.717) is 5.84 Å². The first-order chi connectivity index (χ1) is 26.3. The van der Waals surface area contributed by atoms with Crippen LogP contribution in [0.4, 0.5) is 0 Å². The highest BCUT2D eigenvalue weighted by molar-refractivity contribution is 6.12. The summed E-state index contributed by atoms with van der Waals surface area (Å²) in [7, 11) is 0. The van der Waals surface area contributed by atoms with Gasteiger partial charge in [-0.2, -0.15) is 0 Å². The lowest BCUT2D eigenvalue weighted by molar-refractivity contribution is 0.660. The predicted molar refractivity (Wildman–Crippen MR) is 229 cm³/mol. The maximum Gasteiger partial charge on any atom is 0.160 e. The van der Waals surface area contributed by atoms with E-state index in [1.165, 1.54) is 79.6 Å². The summed E-state index contributed by atoms with van der Waals surface area (Å²) in [6.45, 7) is 11.3. The van der Waals surface area contributed by atoms with Gasteiger partial charge < -0.3 is 0 Å². The summed E-state index contributed by atoms with van der Waals surface area (Å²) in [6.07, 6.45) is 18.0. The molecule has 0 atom stereocenters. The summed E-state index contributed by atoms with van der Waals surface area (Å²) in [6, 6.07) is 39.9. The number of amidine groups is 1. The average molecular weight is 699 g/mol. The molecule has 0 bridgehead atoms. The third kappa shape index (κ3) is 6.20. The Morgan fingerprint density at radius 3 is 2.24 bits per heavy atom. The Kier molecular flexibility index (Phi) is 8.70. The van der Waals surface area contributed by atoms with Gasteiger partial charge in [-0.1, -0.05) is 142 Å². The van der Waals surface area contributed by atoms with Crippen LogP contribution in [0.15, 0.2) is 173 Å². The molecule has 0 aliphatic heterocycles. The zero-order valence-electron chi connectivity index (χ0n) is 31.6. The highest BCUT2D eigenvalue weighted by Crippen LogP contribution is 2.53. The quantitative estimate of drug-likeness (QED) is 0.125. The van der Waals surface area contributed by atoms with E-state index in [0.717, 1.165) is 53.8 Å². The molecule has 4 aliphatic rings. The van der Waals surface area contributed by atoms with E-state index in [4.69, 9.17) is 9.98 Å². The molecule has 264 valence electrons. The van der Waals surface area contributed by atoms with Crippen LogP contribution < -0.4 is 0 Å². The topological polar surface area (TPSA) is 24.7 Å². The number of hydrogen-bond donors (Lipinski definition) is 0. The van der Waals surface area contributed by atoms with Crippen molar-refractivity contribution in [2.24, 2.45) is 9.98 Å². The molecular weight excluding hydrogens is 653 g/mol. The van der Waals surface area contributed by atoms with E-state index in [1.807, 2.05) is 0 Å². The third-order valence-electron chi connectivity index (χ3n) is 11.9. The fraction of sp³-hybridized carbons (Fsp3) is 0.192.